The van der Waals surface area contributed by atoms with Gasteiger partial charge in [-0.3, -0.25) is 4.79 Å². The number of carbonyl (C=O) groups excluding carboxylic acids is 1. The number of benzene rings is 1. The molecule has 2 heterocycles. The van der Waals surface area contributed by atoms with E-state index in [9.17, 15) is 13.6 Å². The zero-order chi connectivity index (χ0) is 22.5. The lowest BCUT2D eigenvalue weighted by atomic mass is 10.1. The van der Waals surface area contributed by atoms with Crippen LogP contribution in [0.4, 0.5) is 14.5 Å². The minimum Gasteiger partial charge on any atom is -0.477 e. The maximum Gasteiger partial charge on any atom is 0.302 e. The normalized spacial score (nSPS) is 16.1. The number of halogens is 2. The summed E-state index contributed by atoms with van der Waals surface area (Å²) in [6.07, 6.45) is 1.47. The fourth-order valence-electron chi connectivity index (χ4n) is 3.63. The van der Waals surface area contributed by atoms with Gasteiger partial charge in [0.1, 0.15) is 17.3 Å². The molecule has 31 heavy (non-hydrogen) atoms. The number of ether oxygens (including phenoxy) is 2. The fourth-order valence-corrected chi connectivity index (χ4v) is 3.63. The van der Waals surface area contributed by atoms with Gasteiger partial charge in [-0.05, 0) is 43.7 Å². The standard InChI is InChI=1S/C23H29F2N3O3/c1-14(2)13-31-21-9-15(3)26-23(27-21)18-10-19(24)22(20(25)11-18)28-7-5-17(12-28)6-8-30-16(4)29/h9-11,14,17H,5-8,12-13H2,1-4H3. The molecule has 1 fully saturated rings. The van der Waals surface area contributed by atoms with E-state index in [-0.39, 0.29) is 29.0 Å². The maximum atomic E-state index is 15.0. The molecule has 0 radical (unpaired) electrons. The van der Waals surface area contributed by atoms with Crippen LogP contribution in [-0.2, 0) is 9.53 Å². The first kappa shape index (κ1) is 22.9. The van der Waals surface area contributed by atoms with Gasteiger partial charge in [0.2, 0.25) is 5.88 Å². The van der Waals surface area contributed by atoms with Crippen molar-refractivity contribution in [2.24, 2.45) is 11.8 Å². The molecule has 0 bridgehead atoms. The number of hydrogen-bond acceptors (Lipinski definition) is 6. The highest BCUT2D eigenvalue weighted by molar-refractivity contribution is 5.66. The molecule has 2 aromatic rings. The second-order valence-electron chi connectivity index (χ2n) is 8.39. The number of esters is 1. The molecule has 0 N–H and O–H groups in total. The highest BCUT2D eigenvalue weighted by Crippen LogP contribution is 2.33. The molecule has 0 aliphatic carbocycles. The Morgan fingerprint density at radius 3 is 2.58 bits per heavy atom. The number of anilines is 1. The van der Waals surface area contributed by atoms with Crippen LogP contribution in [-0.4, -0.2) is 42.2 Å². The Morgan fingerprint density at radius 1 is 1.23 bits per heavy atom. The molecule has 1 aliphatic heterocycles. The summed E-state index contributed by atoms with van der Waals surface area (Å²) < 4.78 is 40.5. The van der Waals surface area contributed by atoms with Crippen LogP contribution in [0.2, 0.25) is 0 Å². The third-order valence-corrected chi connectivity index (χ3v) is 5.10. The minimum atomic E-state index is -0.648. The highest BCUT2D eigenvalue weighted by Gasteiger charge is 2.27. The monoisotopic (exact) mass is 433 g/mol. The minimum absolute atomic E-state index is 0.0392. The summed E-state index contributed by atoms with van der Waals surface area (Å²) >= 11 is 0. The van der Waals surface area contributed by atoms with E-state index < -0.39 is 11.6 Å². The van der Waals surface area contributed by atoms with Crippen molar-refractivity contribution in [1.29, 1.82) is 0 Å². The third kappa shape index (κ3) is 6.12. The summed E-state index contributed by atoms with van der Waals surface area (Å²) in [5, 5.41) is 0. The lowest BCUT2D eigenvalue weighted by molar-refractivity contribution is -0.141. The second kappa shape index (κ2) is 10.0. The van der Waals surface area contributed by atoms with E-state index in [1.807, 2.05) is 13.8 Å². The van der Waals surface area contributed by atoms with Crippen LogP contribution >= 0.6 is 0 Å². The molecule has 168 valence electrons. The quantitative estimate of drug-likeness (QED) is 0.570. The lowest BCUT2D eigenvalue weighted by Gasteiger charge is -2.21. The van der Waals surface area contributed by atoms with Crippen LogP contribution in [0.5, 0.6) is 5.88 Å². The van der Waals surface area contributed by atoms with Gasteiger partial charge in [0.15, 0.2) is 5.82 Å². The SMILES string of the molecule is CC(=O)OCCC1CCN(c2c(F)cc(-c3nc(C)cc(OCC(C)C)n3)cc2F)C1. The van der Waals surface area contributed by atoms with Crippen molar-refractivity contribution < 1.29 is 23.0 Å². The smallest absolute Gasteiger partial charge is 0.302 e. The predicted molar refractivity (Wildman–Crippen MR) is 114 cm³/mol. The Balaban J connectivity index is 1.76. The van der Waals surface area contributed by atoms with E-state index in [1.165, 1.54) is 19.1 Å². The number of carbonyl (C=O) groups is 1. The number of aromatic nitrogens is 2. The molecule has 0 saturated carbocycles. The molecule has 1 aromatic carbocycles. The Bertz CT molecular complexity index is 913. The molecule has 8 heteroatoms. The first-order valence-corrected chi connectivity index (χ1v) is 10.6. The van der Waals surface area contributed by atoms with E-state index in [0.29, 0.717) is 50.2 Å². The van der Waals surface area contributed by atoms with Gasteiger partial charge in [0, 0.05) is 37.3 Å². The average Bonchev–Trinajstić information content (AvgIpc) is 3.13. The lowest BCUT2D eigenvalue weighted by Crippen LogP contribution is -2.22. The molecule has 0 amide bonds. The average molecular weight is 433 g/mol. The highest BCUT2D eigenvalue weighted by atomic mass is 19.1. The van der Waals surface area contributed by atoms with E-state index in [2.05, 4.69) is 9.97 Å². The topological polar surface area (TPSA) is 64.5 Å². The Labute approximate surface area is 181 Å². The maximum absolute atomic E-state index is 15.0. The van der Waals surface area contributed by atoms with Crippen LogP contribution in [0.15, 0.2) is 18.2 Å². The zero-order valence-electron chi connectivity index (χ0n) is 18.5. The molecule has 6 nitrogen and oxygen atoms in total. The number of aryl methyl sites for hydroxylation is 1. The zero-order valence-corrected chi connectivity index (χ0v) is 18.5. The van der Waals surface area contributed by atoms with Crippen LogP contribution in [0.25, 0.3) is 11.4 Å². The van der Waals surface area contributed by atoms with Gasteiger partial charge in [0.25, 0.3) is 0 Å². The van der Waals surface area contributed by atoms with Crippen molar-refractivity contribution in [3.05, 3.63) is 35.5 Å². The van der Waals surface area contributed by atoms with Gasteiger partial charge in [0.05, 0.1) is 13.2 Å². The van der Waals surface area contributed by atoms with Gasteiger partial charge in [-0.1, -0.05) is 13.8 Å². The molecule has 0 spiro atoms. The fraction of sp³-hybridized carbons (Fsp3) is 0.522. The summed E-state index contributed by atoms with van der Waals surface area (Å²) in [5.74, 6) is -0.459. The first-order chi connectivity index (χ1) is 14.7. The summed E-state index contributed by atoms with van der Waals surface area (Å²) in [7, 11) is 0. The molecule has 1 aromatic heterocycles. The summed E-state index contributed by atoms with van der Waals surface area (Å²) in [5.41, 5.74) is 0.883. The van der Waals surface area contributed by atoms with E-state index >= 15 is 0 Å². The summed E-state index contributed by atoms with van der Waals surface area (Å²) in [4.78, 5) is 21.3. The molecule has 3 rings (SSSR count). The van der Waals surface area contributed by atoms with Gasteiger partial charge in [-0.15, -0.1) is 0 Å². The van der Waals surface area contributed by atoms with E-state index in [4.69, 9.17) is 9.47 Å². The van der Waals surface area contributed by atoms with E-state index in [0.717, 1.165) is 6.42 Å². The van der Waals surface area contributed by atoms with Gasteiger partial charge in [-0.25, -0.2) is 13.8 Å². The van der Waals surface area contributed by atoms with Crippen molar-refractivity contribution in [3.63, 3.8) is 0 Å². The number of rotatable bonds is 8. The van der Waals surface area contributed by atoms with Gasteiger partial charge >= 0.3 is 5.97 Å². The van der Waals surface area contributed by atoms with Crippen molar-refractivity contribution in [2.45, 2.75) is 40.5 Å². The van der Waals surface area contributed by atoms with Gasteiger partial charge in [-0.2, -0.15) is 4.98 Å². The largest absolute Gasteiger partial charge is 0.477 e. The Hall–Kier alpha value is -2.77. The molecule has 1 atom stereocenters. The number of hydrogen-bond donors (Lipinski definition) is 0. The molecule has 1 aliphatic rings. The second-order valence-corrected chi connectivity index (χ2v) is 8.39. The van der Waals surface area contributed by atoms with Crippen molar-refractivity contribution in [2.75, 3.05) is 31.2 Å². The summed E-state index contributed by atoms with van der Waals surface area (Å²) in [6.45, 7) is 9.08. The Morgan fingerprint density at radius 2 is 1.94 bits per heavy atom. The van der Waals surface area contributed by atoms with Crippen LogP contribution < -0.4 is 9.64 Å². The van der Waals surface area contributed by atoms with Crippen molar-refractivity contribution in [3.8, 4) is 17.3 Å². The Kier molecular flexibility index (Phi) is 7.41. The molecule has 1 unspecified atom stereocenters. The van der Waals surface area contributed by atoms with E-state index in [1.54, 1.807) is 17.9 Å². The molecule has 1 saturated heterocycles. The predicted octanol–water partition coefficient (Wildman–Crippen LogP) is 4.54. The van der Waals surface area contributed by atoms with Crippen LogP contribution in [0.3, 0.4) is 0 Å². The van der Waals surface area contributed by atoms with Crippen molar-refractivity contribution in [1.82, 2.24) is 9.97 Å². The number of nitrogens with zero attached hydrogens (tertiary/aromatic N) is 3. The summed E-state index contributed by atoms with van der Waals surface area (Å²) in [6, 6.07) is 4.24. The van der Waals surface area contributed by atoms with Crippen LogP contribution in [0.1, 0.15) is 39.3 Å². The van der Waals surface area contributed by atoms with Gasteiger partial charge < -0.3 is 14.4 Å². The molecular formula is C23H29F2N3O3. The molecular weight excluding hydrogens is 404 g/mol. The first-order valence-electron chi connectivity index (χ1n) is 10.6. The van der Waals surface area contributed by atoms with Crippen molar-refractivity contribution >= 4 is 11.7 Å². The third-order valence-electron chi connectivity index (χ3n) is 5.10. The van der Waals surface area contributed by atoms with Crippen LogP contribution in [0, 0.1) is 30.4 Å².